The second-order valence-electron chi connectivity index (χ2n) is 7.22. The molecule has 6 heteroatoms. The number of rotatable bonds is 7. The van der Waals surface area contributed by atoms with Gasteiger partial charge in [-0.2, -0.15) is 0 Å². The van der Waals surface area contributed by atoms with Gasteiger partial charge in [0.1, 0.15) is 5.75 Å². The Hall–Kier alpha value is -3.93. The first-order valence-electron chi connectivity index (χ1n) is 10.0. The molecule has 3 aromatic carbocycles. The molecule has 0 aliphatic rings. The molecule has 164 valence electrons. The minimum atomic E-state index is -0.391. The molecule has 0 aliphatic carbocycles. The first kappa shape index (κ1) is 22.7. The van der Waals surface area contributed by atoms with Crippen molar-refractivity contribution in [1.82, 2.24) is 0 Å². The molecule has 0 aliphatic heterocycles. The highest BCUT2D eigenvalue weighted by Gasteiger charge is 2.17. The summed E-state index contributed by atoms with van der Waals surface area (Å²) in [6, 6.07) is 21.9. The van der Waals surface area contributed by atoms with E-state index in [-0.39, 0.29) is 17.9 Å². The Balaban J connectivity index is 1.92. The van der Waals surface area contributed by atoms with Gasteiger partial charge in [-0.25, -0.2) is 9.59 Å². The molecule has 0 saturated heterocycles. The Morgan fingerprint density at radius 3 is 1.56 bits per heavy atom. The van der Waals surface area contributed by atoms with Crippen molar-refractivity contribution in [3.8, 4) is 5.75 Å². The fourth-order valence-corrected chi connectivity index (χ4v) is 3.46. The van der Waals surface area contributed by atoms with Crippen LogP contribution in [0.1, 0.15) is 50.2 Å². The van der Waals surface area contributed by atoms with E-state index in [9.17, 15) is 14.4 Å². The number of carbonyl (C=O) groups is 3. The van der Waals surface area contributed by atoms with Gasteiger partial charge >= 0.3 is 17.9 Å². The lowest BCUT2D eigenvalue weighted by Crippen LogP contribution is -2.08. The van der Waals surface area contributed by atoms with Gasteiger partial charge in [-0.15, -0.1) is 0 Å². The molecule has 6 nitrogen and oxygen atoms in total. The standard InChI is InChI=1S/C26H24O6/c1-17(27)32-23-14-12-20(13-15-23)24(19-8-10-22(11-9-19)26(29)31-3)16-18-4-6-21(7-5-18)25(28)30-2/h4-15,24H,16H2,1-3H3/t24-/m1/s1. The molecule has 32 heavy (non-hydrogen) atoms. The third-order valence-corrected chi connectivity index (χ3v) is 5.09. The predicted molar refractivity (Wildman–Crippen MR) is 119 cm³/mol. The van der Waals surface area contributed by atoms with Crippen LogP contribution in [0, 0.1) is 0 Å². The SMILES string of the molecule is COC(=O)c1ccc(C[C@@H](c2ccc(OC(C)=O)cc2)c2ccc(C(=O)OC)cc2)cc1. The topological polar surface area (TPSA) is 78.9 Å². The fraction of sp³-hybridized carbons (Fsp3) is 0.192. The summed E-state index contributed by atoms with van der Waals surface area (Å²) >= 11 is 0. The van der Waals surface area contributed by atoms with Crippen molar-refractivity contribution in [1.29, 1.82) is 0 Å². The van der Waals surface area contributed by atoms with Crippen LogP contribution in [0.3, 0.4) is 0 Å². The molecular weight excluding hydrogens is 408 g/mol. The summed E-state index contributed by atoms with van der Waals surface area (Å²) in [5.74, 6) is -0.705. The van der Waals surface area contributed by atoms with Crippen LogP contribution in [0.5, 0.6) is 5.75 Å². The van der Waals surface area contributed by atoms with Crippen molar-refractivity contribution in [2.45, 2.75) is 19.3 Å². The monoisotopic (exact) mass is 432 g/mol. The lowest BCUT2D eigenvalue weighted by atomic mass is 9.85. The molecule has 0 saturated carbocycles. The highest BCUT2D eigenvalue weighted by molar-refractivity contribution is 5.89. The van der Waals surface area contributed by atoms with Crippen LogP contribution in [0.4, 0.5) is 0 Å². The molecular formula is C26H24O6. The normalized spacial score (nSPS) is 11.3. The van der Waals surface area contributed by atoms with Crippen molar-refractivity contribution in [3.63, 3.8) is 0 Å². The number of ether oxygens (including phenoxy) is 3. The number of hydrogen-bond acceptors (Lipinski definition) is 6. The van der Waals surface area contributed by atoms with E-state index in [4.69, 9.17) is 14.2 Å². The lowest BCUT2D eigenvalue weighted by molar-refractivity contribution is -0.131. The summed E-state index contributed by atoms with van der Waals surface area (Å²) in [4.78, 5) is 34.7. The first-order valence-corrected chi connectivity index (χ1v) is 10.0. The smallest absolute Gasteiger partial charge is 0.337 e. The summed E-state index contributed by atoms with van der Waals surface area (Å²) in [7, 11) is 2.70. The van der Waals surface area contributed by atoms with Crippen LogP contribution < -0.4 is 4.74 Å². The molecule has 0 unspecified atom stereocenters. The van der Waals surface area contributed by atoms with E-state index in [1.807, 2.05) is 36.4 Å². The van der Waals surface area contributed by atoms with E-state index in [1.54, 1.807) is 36.4 Å². The average Bonchev–Trinajstić information content (AvgIpc) is 2.82. The molecule has 0 radical (unpaired) electrons. The first-order chi connectivity index (χ1) is 15.4. The highest BCUT2D eigenvalue weighted by atomic mass is 16.5. The van der Waals surface area contributed by atoms with Gasteiger partial charge in [0.2, 0.25) is 0 Å². The predicted octanol–water partition coefficient (Wildman–Crippen LogP) is 4.56. The van der Waals surface area contributed by atoms with Crippen LogP contribution >= 0.6 is 0 Å². The molecule has 0 amide bonds. The minimum absolute atomic E-state index is 0.0305. The van der Waals surface area contributed by atoms with Crippen molar-refractivity contribution in [2.75, 3.05) is 14.2 Å². The second-order valence-corrected chi connectivity index (χ2v) is 7.22. The van der Waals surface area contributed by atoms with Crippen LogP contribution in [0.2, 0.25) is 0 Å². The van der Waals surface area contributed by atoms with Crippen molar-refractivity contribution in [3.05, 3.63) is 101 Å². The molecule has 0 N–H and O–H groups in total. The molecule has 0 heterocycles. The Kier molecular flexibility index (Phi) is 7.39. The minimum Gasteiger partial charge on any atom is -0.465 e. The van der Waals surface area contributed by atoms with Crippen molar-refractivity contribution >= 4 is 17.9 Å². The second kappa shape index (κ2) is 10.4. The largest absolute Gasteiger partial charge is 0.465 e. The molecule has 3 aromatic rings. The van der Waals surface area contributed by atoms with E-state index in [0.717, 1.165) is 16.7 Å². The Bertz CT molecular complexity index is 1080. The molecule has 0 fully saturated rings. The molecule has 0 aromatic heterocycles. The number of esters is 3. The van der Waals surface area contributed by atoms with Gasteiger partial charge in [-0.1, -0.05) is 36.4 Å². The van der Waals surface area contributed by atoms with Gasteiger partial charge in [0, 0.05) is 12.8 Å². The lowest BCUT2D eigenvalue weighted by Gasteiger charge is -2.19. The van der Waals surface area contributed by atoms with Crippen molar-refractivity contribution in [2.24, 2.45) is 0 Å². The number of carbonyl (C=O) groups excluding carboxylic acids is 3. The summed E-state index contributed by atoms with van der Waals surface area (Å²) in [6.07, 6.45) is 0.659. The molecule has 3 rings (SSSR count). The molecule has 1 atom stereocenters. The number of methoxy groups -OCH3 is 2. The van der Waals surface area contributed by atoms with E-state index in [1.165, 1.54) is 21.1 Å². The van der Waals surface area contributed by atoms with Gasteiger partial charge in [-0.05, 0) is 59.5 Å². The molecule has 0 spiro atoms. The summed E-state index contributed by atoms with van der Waals surface area (Å²) in [5.41, 5.74) is 4.02. The Morgan fingerprint density at radius 2 is 1.12 bits per heavy atom. The number of benzene rings is 3. The number of hydrogen-bond donors (Lipinski definition) is 0. The summed E-state index contributed by atoms with van der Waals surface area (Å²) in [5, 5.41) is 0. The zero-order valence-corrected chi connectivity index (χ0v) is 18.2. The van der Waals surface area contributed by atoms with E-state index >= 15 is 0 Å². The van der Waals surface area contributed by atoms with E-state index < -0.39 is 5.97 Å². The highest BCUT2D eigenvalue weighted by Crippen LogP contribution is 2.30. The van der Waals surface area contributed by atoms with Gasteiger partial charge in [0.05, 0.1) is 25.3 Å². The quantitative estimate of drug-likeness (QED) is 0.402. The van der Waals surface area contributed by atoms with Crippen LogP contribution in [-0.2, 0) is 20.7 Å². The van der Waals surface area contributed by atoms with Crippen LogP contribution in [-0.4, -0.2) is 32.1 Å². The van der Waals surface area contributed by atoms with Crippen LogP contribution in [0.15, 0.2) is 72.8 Å². The van der Waals surface area contributed by atoms with E-state index in [2.05, 4.69) is 0 Å². The Morgan fingerprint density at radius 1 is 0.688 bits per heavy atom. The van der Waals surface area contributed by atoms with Gasteiger partial charge in [-0.3, -0.25) is 4.79 Å². The third-order valence-electron chi connectivity index (χ3n) is 5.09. The third kappa shape index (κ3) is 5.60. The fourth-order valence-electron chi connectivity index (χ4n) is 3.46. The maximum absolute atomic E-state index is 11.8. The van der Waals surface area contributed by atoms with Crippen molar-refractivity contribution < 1.29 is 28.6 Å². The maximum atomic E-state index is 11.8. The van der Waals surface area contributed by atoms with Gasteiger partial charge in [0.15, 0.2) is 0 Å². The summed E-state index contributed by atoms with van der Waals surface area (Å²) < 4.78 is 14.7. The Labute approximate surface area is 186 Å². The zero-order valence-electron chi connectivity index (χ0n) is 18.2. The molecule has 0 bridgehead atoms. The van der Waals surface area contributed by atoms with E-state index in [0.29, 0.717) is 23.3 Å². The van der Waals surface area contributed by atoms with Gasteiger partial charge < -0.3 is 14.2 Å². The van der Waals surface area contributed by atoms with Gasteiger partial charge in [0.25, 0.3) is 0 Å². The maximum Gasteiger partial charge on any atom is 0.337 e. The summed E-state index contributed by atoms with van der Waals surface area (Å²) in [6.45, 7) is 1.36. The van der Waals surface area contributed by atoms with Crippen LogP contribution in [0.25, 0.3) is 0 Å². The average molecular weight is 432 g/mol. The zero-order chi connectivity index (χ0) is 23.1.